The van der Waals surface area contributed by atoms with Gasteiger partial charge in [0, 0.05) is 19.5 Å². The Bertz CT molecular complexity index is 236. The minimum Gasteiger partial charge on any atom is -0.469 e. The molecule has 0 bridgehead atoms. The molecule has 0 aromatic rings. The van der Waals surface area contributed by atoms with Crippen molar-refractivity contribution in [3.05, 3.63) is 0 Å². The highest BCUT2D eigenvalue weighted by Crippen LogP contribution is 2.09. The molecule has 1 rings (SSSR count). The molecule has 0 atom stereocenters. The summed E-state index contributed by atoms with van der Waals surface area (Å²) in [4.78, 5) is 24.0. The van der Waals surface area contributed by atoms with E-state index in [0.717, 1.165) is 25.9 Å². The van der Waals surface area contributed by atoms with Gasteiger partial charge in [-0.3, -0.25) is 4.79 Å². The van der Waals surface area contributed by atoms with Crippen molar-refractivity contribution in [3.8, 4) is 0 Å². The van der Waals surface area contributed by atoms with E-state index in [0.29, 0.717) is 12.8 Å². The molecule has 0 radical (unpaired) electrons. The summed E-state index contributed by atoms with van der Waals surface area (Å²) in [5.41, 5.74) is 0. The van der Waals surface area contributed by atoms with Crippen molar-refractivity contribution in [1.29, 1.82) is 0 Å². The second-order valence-corrected chi connectivity index (χ2v) is 3.84. The molecule has 0 spiro atoms. The molecule has 1 saturated heterocycles. The number of piperidine rings is 1. The van der Waals surface area contributed by atoms with Crippen molar-refractivity contribution in [3.63, 3.8) is 0 Å². The van der Waals surface area contributed by atoms with E-state index in [9.17, 15) is 9.59 Å². The standard InChI is InChI=1S/C11H19NO4/c1-15-10(13)6-5-9-16-11(14)12-7-3-2-4-8-12/h2-9H2,1H3. The molecular weight excluding hydrogens is 210 g/mol. The summed E-state index contributed by atoms with van der Waals surface area (Å²) in [7, 11) is 1.35. The van der Waals surface area contributed by atoms with Crippen LogP contribution in [-0.4, -0.2) is 43.8 Å². The van der Waals surface area contributed by atoms with Crippen LogP contribution in [0.1, 0.15) is 32.1 Å². The van der Waals surface area contributed by atoms with E-state index in [1.807, 2.05) is 0 Å². The van der Waals surface area contributed by atoms with Crippen molar-refractivity contribution in [2.75, 3.05) is 26.8 Å². The molecule has 1 aliphatic rings. The maximum absolute atomic E-state index is 11.5. The number of amides is 1. The first-order valence-corrected chi connectivity index (χ1v) is 5.72. The fraction of sp³-hybridized carbons (Fsp3) is 0.818. The highest BCUT2D eigenvalue weighted by Gasteiger charge is 2.17. The fourth-order valence-electron chi connectivity index (χ4n) is 1.65. The zero-order chi connectivity index (χ0) is 11.8. The average molecular weight is 229 g/mol. The van der Waals surface area contributed by atoms with Gasteiger partial charge in [-0.2, -0.15) is 0 Å². The van der Waals surface area contributed by atoms with E-state index in [1.165, 1.54) is 13.5 Å². The van der Waals surface area contributed by atoms with E-state index in [-0.39, 0.29) is 18.7 Å². The number of ether oxygens (including phenoxy) is 2. The summed E-state index contributed by atoms with van der Waals surface area (Å²) < 4.78 is 9.54. The largest absolute Gasteiger partial charge is 0.469 e. The SMILES string of the molecule is COC(=O)CCCOC(=O)N1CCCCC1. The quantitative estimate of drug-likeness (QED) is 0.542. The Labute approximate surface area is 95.7 Å². The Morgan fingerprint density at radius 3 is 2.50 bits per heavy atom. The van der Waals surface area contributed by atoms with E-state index in [2.05, 4.69) is 4.74 Å². The van der Waals surface area contributed by atoms with Gasteiger partial charge in [0.1, 0.15) is 0 Å². The monoisotopic (exact) mass is 229 g/mol. The van der Waals surface area contributed by atoms with E-state index >= 15 is 0 Å². The molecule has 1 heterocycles. The Kier molecular flexibility index (Phi) is 5.67. The predicted molar refractivity (Wildman–Crippen MR) is 58.0 cm³/mol. The lowest BCUT2D eigenvalue weighted by atomic mass is 10.1. The molecule has 16 heavy (non-hydrogen) atoms. The van der Waals surface area contributed by atoms with Crippen molar-refractivity contribution < 1.29 is 19.1 Å². The predicted octanol–water partition coefficient (Wildman–Crippen LogP) is 1.56. The lowest BCUT2D eigenvalue weighted by Crippen LogP contribution is -2.36. The number of hydrogen-bond donors (Lipinski definition) is 0. The molecule has 0 N–H and O–H groups in total. The first-order chi connectivity index (χ1) is 7.74. The summed E-state index contributed by atoms with van der Waals surface area (Å²) in [6, 6.07) is 0. The van der Waals surface area contributed by atoms with Gasteiger partial charge < -0.3 is 14.4 Å². The highest BCUT2D eigenvalue weighted by molar-refractivity contribution is 5.69. The van der Waals surface area contributed by atoms with Crippen LogP contribution in [0.3, 0.4) is 0 Å². The first-order valence-electron chi connectivity index (χ1n) is 5.72. The number of rotatable bonds is 4. The van der Waals surface area contributed by atoms with Crippen LogP contribution in [0.15, 0.2) is 0 Å². The third-order valence-electron chi connectivity index (χ3n) is 2.59. The van der Waals surface area contributed by atoms with Crippen LogP contribution in [0.4, 0.5) is 4.79 Å². The molecule has 0 unspecified atom stereocenters. The number of hydrogen-bond acceptors (Lipinski definition) is 4. The van der Waals surface area contributed by atoms with Crippen LogP contribution < -0.4 is 0 Å². The molecule has 1 fully saturated rings. The molecule has 0 aromatic carbocycles. The second-order valence-electron chi connectivity index (χ2n) is 3.84. The number of likely N-dealkylation sites (tertiary alicyclic amines) is 1. The number of carbonyl (C=O) groups is 2. The first kappa shape index (κ1) is 12.8. The topological polar surface area (TPSA) is 55.8 Å². The molecule has 0 saturated carbocycles. The molecule has 0 aromatic heterocycles. The molecule has 5 heteroatoms. The number of nitrogens with zero attached hydrogens (tertiary/aromatic N) is 1. The Morgan fingerprint density at radius 2 is 1.88 bits per heavy atom. The van der Waals surface area contributed by atoms with Crippen molar-refractivity contribution in [2.24, 2.45) is 0 Å². The maximum atomic E-state index is 11.5. The lowest BCUT2D eigenvalue weighted by Gasteiger charge is -2.25. The summed E-state index contributed by atoms with van der Waals surface area (Å²) in [5, 5.41) is 0. The molecule has 1 aliphatic heterocycles. The normalized spacial score (nSPS) is 15.7. The van der Waals surface area contributed by atoms with Crippen LogP contribution >= 0.6 is 0 Å². The Hall–Kier alpha value is -1.26. The maximum Gasteiger partial charge on any atom is 0.409 e. The molecule has 5 nitrogen and oxygen atoms in total. The van der Waals surface area contributed by atoms with Gasteiger partial charge in [0.05, 0.1) is 13.7 Å². The summed E-state index contributed by atoms with van der Waals surface area (Å²) in [5.74, 6) is -0.269. The van der Waals surface area contributed by atoms with E-state index in [4.69, 9.17) is 4.74 Å². The minimum atomic E-state index is -0.269. The lowest BCUT2D eigenvalue weighted by molar-refractivity contribution is -0.140. The zero-order valence-corrected chi connectivity index (χ0v) is 9.74. The van der Waals surface area contributed by atoms with Gasteiger partial charge in [0.15, 0.2) is 0 Å². The zero-order valence-electron chi connectivity index (χ0n) is 9.74. The highest BCUT2D eigenvalue weighted by atomic mass is 16.6. The third kappa shape index (κ3) is 4.51. The van der Waals surface area contributed by atoms with Crippen molar-refractivity contribution in [2.45, 2.75) is 32.1 Å². The van der Waals surface area contributed by atoms with Gasteiger partial charge in [-0.1, -0.05) is 0 Å². The van der Waals surface area contributed by atoms with E-state index < -0.39 is 0 Å². The van der Waals surface area contributed by atoms with Crippen LogP contribution in [0, 0.1) is 0 Å². The third-order valence-corrected chi connectivity index (χ3v) is 2.59. The van der Waals surface area contributed by atoms with Gasteiger partial charge in [0.25, 0.3) is 0 Å². The number of carbonyl (C=O) groups excluding carboxylic acids is 2. The molecule has 0 aliphatic carbocycles. The van der Waals surface area contributed by atoms with Gasteiger partial charge in [0.2, 0.25) is 0 Å². The molecule has 1 amide bonds. The van der Waals surface area contributed by atoms with Gasteiger partial charge in [-0.15, -0.1) is 0 Å². The van der Waals surface area contributed by atoms with Crippen LogP contribution in [0.5, 0.6) is 0 Å². The second kappa shape index (κ2) is 7.09. The van der Waals surface area contributed by atoms with Crippen LogP contribution in [-0.2, 0) is 14.3 Å². The van der Waals surface area contributed by atoms with Crippen LogP contribution in [0.2, 0.25) is 0 Å². The van der Waals surface area contributed by atoms with E-state index in [1.54, 1.807) is 4.90 Å². The summed E-state index contributed by atoms with van der Waals surface area (Å²) >= 11 is 0. The average Bonchev–Trinajstić information content (AvgIpc) is 2.35. The number of methoxy groups -OCH3 is 1. The van der Waals surface area contributed by atoms with Gasteiger partial charge >= 0.3 is 12.1 Å². The van der Waals surface area contributed by atoms with Crippen molar-refractivity contribution >= 4 is 12.1 Å². The smallest absolute Gasteiger partial charge is 0.409 e. The Morgan fingerprint density at radius 1 is 1.19 bits per heavy atom. The minimum absolute atomic E-state index is 0.260. The number of esters is 1. The summed E-state index contributed by atoms with van der Waals surface area (Å²) in [6.45, 7) is 1.86. The summed E-state index contributed by atoms with van der Waals surface area (Å²) in [6.07, 6.45) is 3.85. The fourth-order valence-corrected chi connectivity index (χ4v) is 1.65. The van der Waals surface area contributed by atoms with Gasteiger partial charge in [-0.05, 0) is 25.7 Å². The molecule has 92 valence electrons. The van der Waals surface area contributed by atoms with Crippen LogP contribution in [0.25, 0.3) is 0 Å². The Balaban J connectivity index is 2.07. The van der Waals surface area contributed by atoms with Gasteiger partial charge in [-0.25, -0.2) is 4.79 Å². The van der Waals surface area contributed by atoms with Crippen molar-refractivity contribution in [1.82, 2.24) is 4.90 Å². The molecular formula is C11H19NO4.